The molecule has 1 aromatic heterocycles. The van der Waals surface area contributed by atoms with Gasteiger partial charge in [-0.15, -0.1) is 0 Å². The third kappa shape index (κ3) is 5.93. The molecule has 3 atom stereocenters. The Morgan fingerprint density at radius 2 is 2.00 bits per heavy atom. The van der Waals surface area contributed by atoms with Gasteiger partial charge in [-0.05, 0) is 60.9 Å². The normalized spacial score (nSPS) is 23.1. The van der Waals surface area contributed by atoms with Gasteiger partial charge in [0.05, 0.1) is 30.2 Å². The van der Waals surface area contributed by atoms with E-state index in [1.807, 2.05) is 18.2 Å². The number of halogens is 1. The maximum absolute atomic E-state index is 9.67. The van der Waals surface area contributed by atoms with Crippen molar-refractivity contribution in [2.24, 2.45) is 5.92 Å². The van der Waals surface area contributed by atoms with E-state index in [1.54, 1.807) is 0 Å². The zero-order valence-electron chi connectivity index (χ0n) is 15.7. The van der Waals surface area contributed by atoms with Gasteiger partial charge in [0.2, 0.25) is 5.28 Å². The third-order valence-corrected chi connectivity index (χ3v) is 7.68. The number of ether oxygens (including phenoxy) is 1. The largest absolute Gasteiger partial charge is 0.369 e. The van der Waals surface area contributed by atoms with Crippen LogP contribution in [0.3, 0.4) is 0 Å². The average Bonchev–Trinajstić information content (AvgIpc) is 3.38. The monoisotopic (exact) mass is 459 g/mol. The van der Waals surface area contributed by atoms with Crippen LogP contribution in [-0.2, 0) is 9.26 Å². The van der Waals surface area contributed by atoms with E-state index in [-0.39, 0.29) is 30.0 Å². The molecular weight excluding hydrogens is 436 g/mol. The highest BCUT2D eigenvalue weighted by Gasteiger charge is 2.28. The van der Waals surface area contributed by atoms with Crippen LogP contribution >= 0.6 is 28.4 Å². The molecule has 0 spiro atoms. The summed E-state index contributed by atoms with van der Waals surface area (Å²) in [6, 6.07) is 6.02. The molecule has 2 aromatic rings. The maximum atomic E-state index is 9.67. The summed E-state index contributed by atoms with van der Waals surface area (Å²) >= 11 is 6.13. The summed E-state index contributed by atoms with van der Waals surface area (Å²) in [6.45, 7) is 1.14. The van der Waals surface area contributed by atoms with Crippen molar-refractivity contribution in [3.05, 3.63) is 29.0 Å². The molecule has 0 bridgehead atoms. The van der Waals surface area contributed by atoms with Crippen LogP contribution in [0, 0.1) is 5.92 Å². The van der Waals surface area contributed by atoms with Gasteiger partial charge in [0.1, 0.15) is 5.82 Å². The number of anilines is 1. The smallest absolute Gasteiger partial charge is 0.224 e. The molecule has 2 aliphatic rings. The zero-order chi connectivity index (χ0) is 20.4. The first kappa shape index (κ1) is 21.5. The minimum Gasteiger partial charge on any atom is -0.369 e. The van der Waals surface area contributed by atoms with E-state index in [0.29, 0.717) is 0 Å². The summed E-state index contributed by atoms with van der Waals surface area (Å²) in [5.41, 5.74) is 1.80. The number of rotatable bonds is 9. The van der Waals surface area contributed by atoms with Crippen molar-refractivity contribution in [3.8, 4) is 0 Å². The van der Waals surface area contributed by atoms with E-state index in [9.17, 15) is 4.89 Å². The van der Waals surface area contributed by atoms with Crippen LogP contribution in [0.15, 0.2) is 18.2 Å². The summed E-state index contributed by atoms with van der Waals surface area (Å²) in [7, 11) is -3.98. The van der Waals surface area contributed by atoms with Gasteiger partial charge in [0.25, 0.3) is 0 Å². The van der Waals surface area contributed by atoms with Crippen molar-refractivity contribution < 1.29 is 23.9 Å². The zero-order valence-corrected chi connectivity index (χ0v) is 18.3. The SMILES string of the molecule is OP(O)CP(O)OCC1CCC(c2ccc3c(NCC4CC4)nc(Cl)nc3c2)O1. The summed E-state index contributed by atoms with van der Waals surface area (Å²) < 4.78 is 11.4. The van der Waals surface area contributed by atoms with E-state index < -0.39 is 16.8 Å². The molecule has 4 N–H and O–H groups in total. The van der Waals surface area contributed by atoms with Gasteiger partial charge in [0, 0.05) is 11.9 Å². The van der Waals surface area contributed by atoms with Crippen molar-refractivity contribution in [1.29, 1.82) is 0 Å². The van der Waals surface area contributed by atoms with Crippen LogP contribution < -0.4 is 5.32 Å². The lowest BCUT2D eigenvalue weighted by Gasteiger charge is -2.17. The van der Waals surface area contributed by atoms with Crippen LogP contribution in [0.4, 0.5) is 5.82 Å². The lowest BCUT2D eigenvalue weighted by atomic mass is 10.0. The highest BCUT2D eigenvalue weighted by molar-refractivity contribution is 7.63. The quantitative estimate of drug-likeness (QED) is 0.329. The molecule has 1 saturated heterocycles. The topological polar surface area (TPSA) is 117 Å². The molecule has 1 aliphatic heterocycles. The van der Waals surface area contributed by atoms with Crippen LogP contribution in [-0.4, -0.2) is 49.8 Å². The first-order valence-electron chi connectivity index (χ1n) is 9.59. The predicted octanol–water partition coefficient (Wildman–Crippen LogP) is 3.90. The molecule has 0 amide bonds. The molecular formula is C18H24ClN3O5P2. The Morgan fingerprint density at radius 3 is 2.76 bits per heavy atom. The molecule has 29 heavy (non-hydrogen) atoms. The highest BCUT2D eigenvalue weighted by atomic mass is 35.5. The van der Waals surface area contributed by atoms with Gasteiger partial charge in [-0.2, -0.15) is 0 Å². The van der Waals surface area contributed by atoms with Gasteiger partial charge in [0.15, 0.2) is 16.8 Å². The van der Waals surface area contributed by atoms with Crippen LogP contribution in [0.25, 0.3) is 10.9 Å². The van der Waals surface area contributed by atoms with Crippen LogP contribution in [0.2, 0.25) is 5.28 Å². The Labute approximate surface area is 176 Å². The predicted molar refractivity (Wildman–Crippen MR) is 114 cm³/mol. The number of benzene rings is 1. The van der Waals surface area contributed by atoms with E-state index in [1.165, 1.54) is 12.8 Å². The van der Waals surface area contributed by atoms with Crippen LogP contribution in [0.5, 0.6) is 0 Å². The Hall–Kier alpha value is -0.690. The van der Waals surface area contributed by atoms with Crippen molar-refractivity contribution in [1.82, 2.24) is 9.97 Å². The highest BCUT2D eigenvalue weighted by Crippen LogP contribution is 2.45. The standard InChI is InChI=1S/C18H24ClN3O5P2/c19-18-21-15-7-12(3-5-14(15)17(22-18)20-8-11-1-2-11)16-6-4-13(27-16)9-26-29(25)10-28(23)24/h3,5,7,11,13,16,23-25H,1-2,4,6,8-10H2,(H,20,21,22). The molecule has 2 fully saturated rings. The molecule has 4 rings (SSSR count). The number of nitrogens with zero attached hydrogens (tertiary/aromatic N) is 2. The number of hydrogen-bond donors (Lipinski definition) is 4. The van der Waals surface area contributed by atoms with Crippen molar-refractivity contribution in [2.75, 3.05) is 24.4 Å². The summed E-state index contributed by atoms with van der Waals surface area (Å²) in [6.07, 6.45) is 3.94. The van der Waals surface area contributed by atoms with E-state index in [0.717, 1.165) is 47.6 Å². The Balaban J connectivity index is 1.40. The number of nitrogens with one attached hydrogen (secondary N) is 1. The molecule has 158 valence electrons. The first-order valence-corrected chi connectivity index (χ1v) is 12.8. The number of fused-ring (bicyclic) bond motifs is 1. The van der Waals surface area contributed by atoms with Gasteiger partial charge >= 0.3 is 0 Å². The molecule has 8 nitrogen and oxygen atoms in total. The third-order valence-electron chi connectivity index (χ3n) is 5.09. The lowest BCUT2D eigenvalue weighted by molar-refractivity contribution is 0.0178. The Bertz CT molecular complexity index is 858. The minimum absolute atomic E-state index is 0.0812. The Morgan fingerprint density at radius 1 is 1.17 bits per heavy atom. The van der Waals surface area contributed by atoms with E-state index in [4.69, 9.17) is 30.6 Å². The molecule has 3 unspecified atom stereocenters. The van der Waals surface area contributed by atoms with Crippen molar-refractivity contribution in [3.63, 3.8) is 0 Å². The summed E-state index contributed by atoms with van der Waals surface area (Å²) in [5.74, 6) is 1.37. The molecule has 1 saturated carbocycles. The second-order valence-corrected chi connectivity index (χ2v) is 10.6. The molecule has 1 aliphatic carbocycles. The number of hydrogen-bond acceptors (Lipinski definition) is 8. The number of aromatic nitrogens is 2. The molecule has 2 heterocycles. The molecule has 1 aromatic carbocycles. The summed E-state index contributed by atoms with van der Waals surface area (Å²) in [5, 5.41) is 4.54. The van der Waals surface area contributed by atoms with Gasteiger partial charge in [-0.3, -0.25) is 0 Å². The maximum Gasteiger partial charge on any atom is 0.224 e. The Kier molecular flexibility index (Phi) is 7.15. The fourth-order valence-corrected chi connectivity index (χ4v) is 5.11. The minimum atomic E-state index is -2.15. The molecule has 0 radical (unpaired) electrons. The fraction of sp³-hybridized carbons (Fsp3) is 0.556. The van der Waals surface area contributed by atoms with Crippen molar-refractivity contribution in [2.45, 2.75) is 37.9 Å². The van der Waals surface area contributed by atoms with E-state index >= 15 is 0 Å². The van der Waals surface area contributed by atoms with Gasteiger partial charge in [-0.25, -0.2) is 9.97 Å². The second-order valence-electron chi connectivity index (χ2n) is 7.43. The van der Waals surface area contributed by atoms with Crippen molar-refractivity contribution >= 4 is 45.1 Å². The van der Waals surface area contributed by atoms with E-state index in [2.05, 4.69) is 15.3 Å². The summed E-state index contributed by atoms with van der Waals surface area (Å²) in [4.78, 5) is 36.3. The first-order chi connectivity index (χ1) is 14.0. The average molecular weight is 460 g/mol. The molecule has 11 heteroatoms. The second kappa shape index (κ2) is 9.63. The lowest BCUT2D eigenvalue weighted by Crippen LogP contribution is -2.13. The fourth-order valence-electron chi connectivity index (χ4n) is 3.41. The van der Waals surface area contributed by atoms with Gasteiger partial charge < -0.3 is 29.3 Å². The van der Waals surface area contributed by atoms with Gasteiger partial charge in [-0.1, -0.05) is 6.07 Å². The van der Waals surface area contributed by atoms with Crippen LogP contribution in [0.1, 0.15) is 37.4 Å².